The van der Waals surface area contributed by atoms with Crippen molar-refractivity contribution >= 4 is 32.5 Å². The molecular weight excluding hydrogens is 443 g/mol. The van der Waals surface area contributed by atoms with Crippen molar-refractivity contribution in [2.45, 2.75) is 25.9 Å². The first-order valence-corrected chi connectivity index (χ1v) is 10.6. The molecule has 0 saturated carbocycles. The van der Waals surface area contributed by atoms with Crippen LogP contribution in [0.2, 0.25) is 5.02 Å². The Bertz CT molecular complexity index is 1250. The van der Waals surface area contributed by atoms with Crippen molar-refractivity contribution in [1.29, 1.82) is 0 Å². The fourth-order valence-corrected chi connectivity index (χ4v) is 3.56. The van der Waals surface area contributed by atoms with Crippen LogP contribution in [0.5, 0.6) is 5.75 Å². The Morgan fingerprint density at radius 1 is 1.07 bits per heavy atom. The van der Waals surface area contributed by atoms with Gasteiger partial charge in [0.1, 0.15) is 5.75 Å². The Morgan fingerprint density at radius 2 is 1.70 bits per heavy atom. The van der Waals surface area contributed by atoms with Crippen molar-refractivity contribution in [2.24, 2.45) is 5.92 Å². The summed E-state index contributed by atoms with van der Waals surface area (Å²) in [5.74, 6) is -0.381. The van der Waals surface area contributed by atoms with Crippen molar-refractivity contribution < 1.29 is 25.8 Å². The first kappa shape index (κ1) is 22.2. The lowest BCUT2D eigenvalue weighted by Gasteiger charge is -2.15. The van der Waals surface area contributed by atoms with Crippen molar-refractivity contribution in [3.63, 3.8) is 0 Å². The quantitative estimate of drug-likeness (QED) is 0.388. The number of hydrogen-bond acceptors (Lipinski definition) is 4. The lowest BCUT2D eigenvalue weighted by Crippen LogP contribution is -2.28. The second-order valence-corrected chi connectivity index (χ2v) is 9.07. The smallest absolute Gasteiger partial charge is 0.376 e. The highest BCUT2D eigenvalue weighted by Gasteiger charge is 2.48. The van der Waals surface area contributed by atoms with Crippen molar-refractivity contribution in [3.05, 3.63) is 64.0 Å². The molecule has 0 fully saturated rings. The monoisotopic (exact) mass is 459 g/mol. The molecule has 3 rings (SSSR count). The fourth-order valence-electron chi connectivity index (χ4n) is 2.99. The normalized spacial score (nSPS) is 12.5. The summed E-state index contributed by atoms with van der Waals surface area (Å²) in [6.45, 7) is 4.31. The summed E-state index contributed by atoms with van der Waals surface area (Å²) in [7, 11) is -5.84. The van der Waals surface area contributed by atoms with E-state index >= 15 is 0 Å². The maximum absolute atomic E-state index is 12.9. The van der Waals surface area contributed by atoms with E-state index in [0.29, 0.717) is 22.7 Å². The van der Waals surface area contributed by atoms with Crippen molar-refractivity contribution in [1.82, 2.24) is 4.57 Å². The highest BCUT2D eigenvalue weighted by atomic mass is 35.5. The zero-order valence-corrected chi connectivity index (χ0v) is 17.5. The van der Waals surface area contributed by atoms with Crippen LogP contribution in [0, 0.1) is 5.92 Å². The molecule has 2 aromatic carbocycles. The highest BCUT2D eigenvalue weighted by Crippen LogP contribution is 2.33. The summed E-state index contributed by atoms with van der Waals surface area (Å²) < 4.78 is 66.5. The van der Waals surface area contributed by atoms with E-state index in [4.69, 9.17) is 11.6 Å². The van der Waals surface area contributed by atoms with Gasteiger partial charge < -0.3 is 8.75 Å². The molecule has 0 bridgehead atoms. The van der Waals surface area contributed by atoms with Gasteiger partial charge in [0, 0.05) is 34.1 Å². The van der Waals surface area contributed by atoms with E-state index in [-0.39, 0.29) is 22.2 Å². The van der Waals surface area contributed by atoms with Crippen LogP contribution in [0.25, 0.3) is 21.9 Å². The van der Waals surface area contributed by atoms with Crippen LogP contribution in [0.1, 0.15) is 13.8 Å². The highest BCUT2D eigenvalue weighted by molar-refractivity contribution is 7.88. The molecule has 0 aliphatic heterocycles. The first-order chi connectivity index (χ1) is 13.9. The summed E-state index contributed by atoms with van der Waals surface area (Å²) in [6, 6.07) is 10.1. The van der Waals surface area contributed by atoms with Crippen LogP contribution in [0.15, 0.2) is 53.5 Å². The van der Waals surface area contributed by atoms with Crippen LogP contribution in [0.3, 0.4) is 0 Å². The Labute approximate surface area is 175 Å². The predicted octanol–water partition coefficient (Wildman–Crippen LogP) is 5.21. The number of pyridine rings is 1. The third-order valence-electron chi connectivity index (χ3n) is 4.26. The average molecular weight is 460 g/mol. The summed E-state index contributed by atoms with van der Waals surface area (Å²) in [4.78, 5) is 12.9. The predicted molar refractivity (Wildman–Crippen MR) is 109 cm³/mol. The van der Waals surface area contributed by atoms with Gasteiger partial charge in [-0.25, -0.2) is 0 Å². The molecule has 10 heteroatoms. The molecule has 0 N–H and O–H groups in total. The molecular formula is C20H17ClF3NO4S. The van der Waals surface area contributed by atoms with Gasteiger partial charge in [-0.15, -0.1) is 0 Å². The van der Waals surface area contributed by atoms with Gasteiger partial charge in [-0.05, 0) is 41.8 Å². The third kappa shape index (κ3) is 4.46. The molecule has 0 saturated heterocycles. The molecule has 0 atom stereocenters. The van der Waals surface area contributed by atoms with E-state index in [9.17, 15) is 26.4 Å². The number of fused-ring (bicyclic) bond motifs is 1. The Balaban J connectivity index is 2.25. The molecule has 1 aromatic heterocycles. The van der Waals surface area contributed by atoms with Gasteiger partial charge in [-0.2, -0.15) is 21.6 Å². The van der Waals surface area contributed by atoms with Crippen LogP contribution < -0.4 is 9.74 Å². The minimum Gasteiger partial charge on any atom is -0.376 e. The molecule has 30 heavy (non-hydrogen) atoms. The summed E-state index contributed by atoms with van der Waals surface area (Å²) >= 11 is 5.93. The second kappa shape index (κ2) is 7.96. The largest absolute Gasteiger partial charge is 0.534 e. The first-order valence-electron chi connectivity index (χ1n) is 8.83. The Hall–Kier alpha value is -2.52. The molecule has 0 aliphatic rings. The van der Waals surface area contributed by atoms with E-state index in [0.717, 1.165) is 12.1 Å². The average Bonchev–Trinajstić information content (AvgIpc) is 2.63. The van der Waals surface area contributed by atoms with Crippen LogP contribution in [-0.2, 0) is 16.7 Å². The van der Waals surface area contributed by atoms with Gasteiger partial charge in [-0.3, -0.25) is 4.79 Å². The molecule has 0 aliphatic carbocycles. The molecule has 0 unspecified atom stereocenters. The zero-order chi connectivity index (χ0) is 22.3. The van der Waals surface area contributed by atoms with E-state index in [2.05, 4.69) is 4.18 Å². The number of alkyl halides is 3. The minimum atomic E-state index is -5.84. The van der Waals surface area contributed by atoms with E-state index < -0.39 is 21.4 Å². The van der Waals surface area contributed by atoms with E-state index in [1.165, 1.54) is 10.6 Å². The number of benzene rings is 2. The lowest BCUT2D eigenvalue weighted by molar-refractivity contribution is -0.0500. The van der Waals surface area contributed by atoms with Gasteiger partial charge in [0.05, 0.1) is 0 Å². The topological polar surface area (TPSA) is 65.4 Å². The van der Waals surface area contributed by atoms with Crippen molar-refractivity contribution in [2.75, 3.05) is 0 Å². The molecule has 3 aromatic rings. The van der Waals surface area contributed by atoms with E-state index in [1.807, 2.05) is 13.8 Å². The minimum absolute atomic E-state index is 0.165. The summed E-state index contributed by atoms with van der Waals surface area (Å²) in [5, 5.41) is 0.968. The third-order valence-corrected chi connectivity index (χ3v) is 5.49. The zero-order valence-electron chi connectivity index (χ0n) is 15.9. The number of hydrogen-bond donors (Lipinski definition) is 0. The number of nitrogens with zero attached hydrogens (tertiary/aromatic N) is 1. The van der Waals surface area contributed by atoms with Gasteiger partial charge in [0.2, 0.25) is 0 Å². The number of halogens is 4. The van der Waals surface area contributed by atoms with Gasteiger partial charge in [0.25, 0.3) is 5.56 Å². The van der Waals surface area contributed by atoms with Gasteiger partial charge in [-0.1, -0.05) is 37.6 Å². The lowest BCUT2D eigenvalue weighted by atomic mass is 10.00. The second-order valence-electron chi connectivity index (χ2n) is 7.09. The maximum Gasteiger partial charge on any atom is 0.534 e. The number of rotatable bonds is 5. The van der Waals surface area contributed by atoms with Gasteiger partial charge in [0.15, 0.2) is 0 Å². The van der Waals surface area contributed by atoms with Crippen molar-refractivity contribution in [3.8, 4) is 16.9 Å². The van der Waals surface area contributed by atoms with Gasteiger partial charge >= 0.3 is 15.6 Å². The van der Waals surface area contributed by atoms with E-state index in [1.54, 1.807) is 30.5 Å². The number of aromatic nitrogens is 1. The van der Waals surface area contributed by atoms with Crippen LogP contribution in [-0.4, -0.2) is 18.5 Å². The summed E-state index contributed by atoms with van der Waals surface area (Å²) in [5.41, 5.74) is -4.74. The Morgan fingerprint density at radius 3 is 2.27 bits per heavy atom. The summed E-state index contributed by atoms with van der Waals surface area (Å²) in [6.07, 6.45) is 1.59. The fraction of sp³-hybridized carbons (Fsp3) is 0.250. The molecule has 1 heterocycles. The molecule has 0 spiro atoms. The standard InChI is InChI=1S/C20H17ClF3NO4S/c1-12(2)10-25-11-18(13-3-5-14(21)6-4-13)17-9-15(7-8-16(17)19(25)26)29-30(27,28)20(22,23)24/h3-9,11-12H,10H2,1-2H3. The molecule has 0 radical (unpaired) electrons. The molecule has 160 valence electrons. The SMILES string of the molecule is CC(C)Cn1cc(-c2ccc(Cl)cc2)c2cc(OS(=O)(=O)C(F)(F)F)ccc2c1=O. The van der Waals surface area contributed by atoms with Crippen LogP contribution >= 0.6 is 11.6 Å². The Kier molecular flexibility index (Phi) is 5.88. The molecule has 0 amide bonds. The molecule has 5 nitrogen and oxygen atoms in total. The maximum atomic E-state index is 12.9. The van der Waals surface area contributed by atoms with Crippen LogP contribution in [0.4, 0.5) is 13.2 Å².